The molecule has 1 heterocycles. The molecule has 1 atom stereocenters. The van der Waals surface area contributed by atoms with Crippen LogP contribution < -0.4 is 0 Å². The smallest absolute Gasteiger partial charge is 0.313 e. The van der Waals surface area contributed by atoms with Gasteiger partial charge in [0.05, 0.1) is 5.75 Å². The summed E-state index contributed by atoms with van der Waals surface area (Å²) in [6.45, 7) is 7.30. The molecule has 0 fully saturated rings. The summed E-state index contributed by atoms with van der Waals surface area (Å²) in [4.78, 5) is 10.6. The molecule has 5 nitrogen and oxygen atoms in total. The third kappa shape index (κ3) is 4.33. The fourth-order valence-electron chi connectivity index (χ4n) is 1.58. The largest absolute Gasteiger partial charge is 0.481 e. The number of aryl methyl sites for hydroxylation is 1. The maximum absolute atomic E-state index is 10.6. The molecule has 0 spiro atoms. The average molecular weight is 271 g/mol. The highest BCUT2D eigenvalue weighted by Crippen LogP contribution is 2.20. The molecule has 1 N–H and O–H groups in total. The second kappa shape index (κ2) is 7.41. The van der Waals surface area contributed by atoms with Crippen molar-refractivity contribution in [2.24, 2.45) is 5.92 Å². The molecule has 1 unspecified atom stereocenters. The number of nitrogens with zero attached hydrogens (tertiary/aromatic N) is 3. The van der Waals surface area contributed by atoms with Gasteiger partial charge in [-0.3, -0.25) is 4.79 Å². The number of thioether (sulfide) groups is 1. The van der Waals surface area contributed by atoms with Gasteiger partial charge in [-0.1, -0.05) is 39.0 Å². The van der Waals surface area contributed by atoms with E-state index >= 15 is 0 Å². The van der Waals surface area contributed by atoms with Gasteiger partial charge in [0, 0.05) is 13.0 Å². The van der Waals surface area contributed by atoms with Gasteiger partial charge in [0.15, 0.2) is 5.16 Å². The highest BCUT2D eigenvalue weighted by atomic mass is 32.2. The molecular formula is C12H21N3O2S. The fraction of sp³-hybridized carbons (Fsp3) is 0.750. The first-order valence-electron chi connectivity index (χ1n) is 6.35. The molecule has 6 heteroatoms. The molecule has 0 bridgehead atoms. The van der Waals surface area contributed by atoms with Crippen molar-refractivity contribution in [3.05, 3.63) is 5.82 Å². The summed E-state index contributed by atoms with van der Waals surface area (Å²) in [5.74, 6) is 0.715. The average Bonchev–Trinajstić information content (AvgIpc) is 2.70. The van der Waals surface area contributed by atoms with E-state index in [2.05, 4.69) is 35.5 Å². The van der Waals surface area contributed by atoms with Crippen LogP contribution in [0.5, 0.6) is 0 Å². The Morgan fingerprint density at radius 3 is 2.72 bits per heavy atom. The molecule has 0 aromatic carbocycles. The molecule has 1 aromatic heterocycles. The van der Waals surface area contributed by atoms with E-state index in [1.54, 1.807) is 0 Å². The van der Waals surface area contributed by atoms with Crippen LogP contribution in [0.15, 0.2) is 5.16 Å². The van der Waals surface area contributed by atoms with E-state index in [1.165, 1.54) is 11.8 Å². The zero-order valence-electron chi connectivity index (χ0n) is 11.2. The van der Waals surface area contributed by atoms with Crippen LogP contribution in [0.1, 0.15) is 39.4 Å². The van der Waals surface area contributed by atoms with E-state index in [-0.39, 0.29) is 5.75 Å². The molecule has 18 heavy (non-hydrogen) atoms. The minimum atomic E-state index is -0.824. The topological polar surface area (TPSA) is 68.0 Å². The van der Waals surface area contributed by atoms with Crippen LogP contribution >= 0.6 is 11.8 Å². The lowest BCUT2D eigenvalue weighted by molar-refractivity contribution is -0.133. The Kier molecular flexibility index (Phi) is 6.18. The van der Waals surface area contributed by atoms with Gasteiger partial charge >= 0.3 is 5.97 Å². The van der Waals surface area contributed by atoms with Gasteiger partial charge < -0.3 is 9.67 Å². The lowest BCUT2D eigenvalue weighted by Crippen LogP contribution is -2.12. The zero-order valence-corrected chi connectivity index (χ0v) is 12.0. The molecule has 102 valence electrons. The minimum Gasteiger partial charge on any atom is -0.481 e. The Hall–Kier alpha value is -1.04. The van der Waals surface area contributed by atoms with Crippen molar-refractivity contribution in [1.29, 1.82) is 0 Å². The number of carboxylic acids is 1. The van der Waals surface area contributed by atoms with Crippen LogP contribution in [-0.4, -0.2) is 31.6 Å². The van der Waals surface area contributed by atoms with Crippen LogP contribution in [0.2, 0.25) is 0 Å². The van der Waals surface area contributed by atoms with E-state index in [0.29, 0.717) is 5.92 Å². The van der Waals surface area contributed by atoms with Crippen LogP contribution in [-0.2, 0) is 17.8 Å². The van der Waals surface area contributed by atoms with Gasteiger partial charge in [-0.05, 0) is 12.3 Å². The van der Waals surface area contributed by atoms with Crippen LogP contribution in [0.25, 0.3) is 0 Å². The van der Waals surface area contributed by atoms with Crippen LogP contribution in [0, 0.1) is 5.92 Å². The Morgan fingerprint density at radius 2 is 2.17 bits per heavy atom. The summed E-state index contributed by atoms with van der Waals surface area (Å²) in [7, 11) is 0. The number of aromatic nitrogens is 3. The van der Waals surface area contributed by atoms with E-state index in [9.17, 15) is 4.79 Å². The maximum atomic E-state index is 10.6. The second-order valence-electron chi connectivity index (χ2n) is 4.46. The Morgan fingerprint density at radius 1 is 1.44 bits per heavy atom. The summed E-state index contributed by atoms with van der Waals surface area (Å²) in [5.41, 5.74) is 0. The number of rotatable bonds is 8. The molecule has 1 aromatic rings. The Bertz CT molecular complexity index is 393. The predicted molar refractivity (Wildman–Crippen MR) is 71.8 cm³/mol. The molecular weight excluding hydrogens is 250 g/mol. The van der Waals surface area contributed by atoms with Gasteiger partial charge in [-0.25, -0.2) is 0 Å². The lowest BCUT2D eigenvalue weighted by atomic mass is 10.1. The van der Waals surface area contributed by atoms with Gasteiger partial charge in [0.1, 0.15) is 5.82 Å². The number of hydrogen-bond acceptors (Lipinski definition) is 4. The minimum absolute atomic E-state index is 0.0325. The van der Waals surface area contributed by atoms with Crippen LogP contribution in [0.3, 0.4) is 0 Å². The van der Waals surface area contributed by atoms with E-state index in [1.807, 2.05) is 0 Å². The Labute approximate surface area is 112 Å². The third-order valence-electron chi connectivity index (χ3n) is 2.78. The molecule has 0 aliphatic carbocycles. The van der Waals surface area contributed by atoms with Gasteiger partial charge in [0.25, 0.3) is 0 Å². The standard InChI is InChI=1S/C12H21N3O2S/c1-4-6-10-13-14-12(18-8-11(16)17)15(10)7-9(3)5-2/h9H,4-8H2,1-3H3,(H,16,17). The summed E-state index contributed by atoms with van der Waals surface area (Å²) in [6, 6.07) is 0. The summed E-state index contributed by atoms with van der Waals surface area (Å²) in [6.07, 6.45) is 2.99. The SMILES string of the molecule is CCCc1nnc(SCC(=O)O)n1CC(C)CC. The molecule has 0 saturated heterocycles. The Balaban J connectivity index is 2.84. The first-order chi connectivity index (χ1) is 8.58. The molecule has 0 aliphatic rings. The van der Waals surface area contributed by atoms with Crippen molar-refractivity contribution in [3.63, 3.8) is 0 Å². The third-order valence-corrected chi connectivity index (χ3v) is 3.73. The highest BCUT2D eigenvalue weighted by Gasteiger charge is 2.14. The number of carbonyl (C=O) groups is 1. The highest BCUT2D eigenvalue weighted by molar-refractivity contribution is 7.99. The maximum Gasteiger partial charge on any atom is 0.313 e. The molecule has 0 saturated carbocycles. The fourth-order valence-corrected chi connectivity index (χ4v) is 2.27. The van der Waals surface area contributed by atoms with Crippen molar-refractivity contribution in [2.75, 3.05) is 5.75 Å². The van der Waals surface area contributed by atoms with E-state index in [0.717, 1.165) is 36.8 Å². The summed E-state index contributed by atoms with van der Waals surface area (Å²) < 4.78 is 2.07. The van der Waals surface area contributed by atoms with Crippen molar-refractivity contribution < 1.29 is 9.90 Å². The first-order valence-corrected chi connectivity index (χ1v) is 7.33. The molecule has 0 radical (unpaired) electrons. The molecule has 1 rings (SSSR count). The number of carboxylic acid groups (broad SMARTS) is 1. The summed E-state index contributed by atoms with van der Waals surface area (Å²) >= 11 is 1.24. The van der Waals surface area contributed by atoms with Gasteiger partial charge in [-0.15, -0.1) is 10.2 Å². The normalized spacial score (nSPS) is 12.6. The van der Waals surface area contributed by atoms with Gasteiger partial charge in [-0.2, -0.15) is 0 Å². The quantitative estimate of drug-likeness (QED) is 0.736. The van der Waals surface area contributed by atoms with Crippen molar-refractivity contribution in [2.45, 2.75) is 51.7 Å². The number of hydrogen-bond donors (Lipinski definition) is 1. The van der Waals surface area contributed by atoms with Crippen LogP contribution in [0.4, 0.5) is 0 Å². The van der Waals surface area contributed by atoms with E-state index in [4.69, 9.17) is 5.11 Å². The van der Waals surface area contributed by atoms with Crippen molar-refractivity contribution >= 4 is 17.7 Å². The zero-order chi connectivity index (χ0) is 13.5. The molecule has 0 amide bonds. The second-order valence-corrected chi connectivity index (χ2v) is 5.40. The molecule has 0 aliphatic heterocycles. The van der Waals surface area contributed by atoms with Crippen molar-refractivity contribution in [3.8, 4) is 0 Å². The van der Waals surface area contributed by atoms with Crippen molar-refractivity contribution in [1.82, 2.24) is 14.8 Å². The van der Waals surface area contributed by atoms with E-state index < -0.39 is 5.97 Å². The predicted octanol–water partition coefficient (Wildman–Crippen LogP) is 2.45. The lowest BCUT2D eigenvalue weighted by Gasteiger charge is -2.13. The summed E-state index contributed by atoms with van der Waals surface area (Å²) in [5, 5.41) is 17.7. The van der Waals surface area contributed by atoms with Gasteiger partial charge in [0.2, 0.25) is 0 Å². The first kappa shape index (κ1) is 15.0. The number of aliphatic carboxylic acids is 1. The monoisotopic (exact) mass is 271 g/mol.